The van der Waals surface area contributed by atoms with Crippen molar-refractivity contribution in [3.05, 3.63) is 53.1 Å². The average molecular weight is 412 g/mol. The molecule has 1 aliphatic rings. The number of amides is 1. The Kier molecular flexibility index (Phi) is 6.91. The first-order valence-electron chi connectivity index (χ1n) is 10.8. The van der Waals surface area contributed by atoms with Crippen molar-refractivity contribution in [2.24, 2.45) is 0 Å². The van der Waals surface area contributed by atoms with E-state index in [-0.39, 0.29) is 17.6 Å². The highest BCUT2D eigenvalue weighted by molar-refractivity contribution is 5.77. The van der Waals surface area contributed by atoms with Gasteiger partial charge in [0.2, 0.25) is 5.91 Å². The third-order valence-corrected chi connectivity index (χ3v) is 5.21. The van der Waals surface area contributed by atoms with Crippen LogP contribution in [0.15, 0.2) is 36.4 Å². The maximum Gasteiger partial charge on any atom is 0.220 e. The predicted octanol–water partition coefficient (Wildman–Crippen LogP) is 5.14. The Bertz CT molecular complexity index is 891. The maximum absolute atomic E-state index is 12.8. The van der Waals surface area contributed by atoms with Crippen molar-refractivity contribution in [1.29, 1.82) is 0 Å². The van der Waals surface area contributed by atoms with E-state index in [0.29, 0.717) is 26.1 Å². The van der Waals surface area contributed by atoms with Crippen LogP contribution in [0.1, 0.15) is 63.3 Å². The third-order valence-electron chi connectivity index (χ3n) is 5.21. The average Bonchev–Trinajstić information content (AvgIpc) is 2.68. The Morgan fingerprint density at radius 1 is 1.10 bits per heavy atom. The van der Waals surface area contributed by atoms with Crippen molar-refractivity contribution in [3.8, 4) is 17.2 Å². The fourth-order valence-corrected chi connectivity index (χ4v) is 3.88. The van der Waals surface area contributed by atoms with Crippen LogP contribution in [-0.2, 0) is 11.2 Å². The van der Waals surface area contributed by atoms with Crippen LogP contribution >= 0.6 is 0 Å². The maximum atomic E-state index is 12.8. The largest absolute Gasteiger partial charge is 0.490 e. The lowest BCUT2D eigenvalue weighted by atomic mass is 9.89. The molecule has 0 bridgehead atoms. The fourth-order valence-electron chi connectivity index (χ4n) is 3.88. The summed E-state index contributed by atoms with van der Waals surface area (Å²) < 4.78 is 17.4. The van der Waals surface area contributed by atoms with E-state index in [4.69, 9.17) is 14.2 Å². The minimum Gasteiger partial charge on any atom is -0.490 e. The zero-order chi connectivity index (χ0) is 21.7. The molecule has 2 aromatic rings. The zero-order valence-electron chi connectivity index (χ0n) is 18.7. The lowest BCUT2D eigenvalue weighted by Crippen LogP contribution is -2.41. The molecule has 5 heteroatoms. The van der Waals surface area contributed by atoms with Gasteiger partial charge in [-0.2, -0.15) is 0 Å². The Balaban J connectivity index is 1.66. The van der Waals surface area contributed by atoms with E-state index in [1.807, 2.05) is 44.2 Å². The summed E-state index contributed by atoms with van der Waals surface area (Å²) in [5.41, 5.74) is 2.96. The van der Waals surface area contributed by atoms with Gasteiger partial charge in [-0.1, -0.05) is 23.8 Å². The van der Waals surface area contributed by atoms with Gasteiger partial charge in [-0.15, -0.1) is 0 Å². The van der Waals surface area contributed by atoms with Crippen LogP contribution in [0.2, 0.25) is 0 Å². The van der Waals surface area contributed by atoms with Gasteiger partial charge < -0.3 is 19.5 Å². The van der Waals surface area contributed by atoms with Gasteiger partial charge in [0.25, 0.3) is 0 Å². The summed E-state index contributed by atoms with van der Waals surface area (Å²) in [7, 11) is 0. The number of hydrogen-bond acceptors (Lipinski definition) is 4. The van der Waals surface area contributed by atoms with Gasteiger partial charge in [0, 0.05) is 18.4 Å². The van der Waals surface area contributed by atoms with Crippen LogP contribution in [0.25, 0.3) is 0 Å². The molecule has 5 nitrogen and oxygen atoms in total. The Hall–Kier alpha value is -2.69. The molecule has 30 heavy (non-hydrogen) atoms. The standard InChI is InChI=1S/C25H33NO4/c1-6-28-22-12-9-18(15-23(22)29-7-2)10-13-24(27)26-20-16-25(4,5)30-21-11-8-17(3)14-19(20)21/h8-9,11-12,14-15,20H,6-7,10,13,16H2,1-5H3,(H,26,27)/t20-/m0/s1. The van der Waals surface area contributed by atoms with E-state index < -0.39 is 0 Å². The first-order chi connectivity index (χ1) is 14.3. The molecule has 0 saturated carbocycles. The number of carbonyl (C=O) groups is 1. The third kappa shape index (κ3) is 5.47. The first-order valence-corrected chi connectivity index (χ1v) is 10.8. The summed E-state index contributed by atoms with van der Waals surface area (Å²) in [4.78, 5) is 12.8. The van der Waals surface area contributed by atoms with Crippen molar-refractivity contribution in [2.75, 3.05) is 13.2 Å². The highest BCUT2D eigenvalue weighted by atomic mass is 16.5. The minimum atomic E-state index is -0.318. The number of fused-ring (bicyclic) bond motifs is 1. The Morgan fingerprint density at radius 3 is 2.57 bits per heavy atom. The van der Waals surface area contributed by atoms with Crippen molar-refractivity contribution in [3.63, 3.8) is 0 Å². The number of carbonyl (C=O) groups excluding carboxylic acids is 1. The van der Waals surface area contributed by atoms with Crippen molar-refractivity contribution < 1.29 is 19.0 Å². The number of ether oxygens (including phenoxy) is 3. The van der Waals surface area contributed by atoms with Crippen LogP contribution in [0.3, 0.4) is 0 Å². The van der Waals surface area contributed by atoms with E-state index in [1.165, 1.54) is 0 Å². The number of aryl methyl sites for hydroxylation is 2. The van der Waals surface area contributed by atoms with Crippen LogP contribution in [0.4, 0.5) is 0 Å². The molecule has 1 atom stereocenters. The minimum absolute atomic E-state index is 0.0389. The summed E-state index contributed by atoms with van der Waals surface area (Å²) in [6.07, 6.45) is 1.80. The second-order valence-electron chi connectivity index (χ2n) is 8.37. The van der Waals surface area contributed by atoms with Crippen LogP contribution in [0, 0.1) is 6.92 Å². The van der Waals surface area contributed by atoms with Gasteiger partial charge in [-0.05, 0) is 64.8 Å². The van der Waals surface area contributed by atoms with E-state index in [0.717, 1.165) is 40.4 Å². The van der Waals surface area contributed by atoms with E-state index in [9.17, 15) is 4.79 Å². The molecular weight excluding hydrogens is 378 g/mol. The predicted molar refractivity (Wildman–Crippen MR) is 118 cm³/mol. The number of rotatable bonds is 8. The van der Waals surface area contributed by atoms with Gasteiger partial charge in [0.1, 0.15) is 11.4 Å². The summed E-state index contributed by atoms with van der Waals surface area (Å²) in [6.45, 7) is 11.2. The molecule has 1 amide bonds. The molecule has 0 saturated heterocycles. The highest BCUT2D eigenvalue weighted by Crippen LogP contribution is 2.40. The van der Waals surface area contributed by atoms with Gasteiger partial charge in [0.05, 0.1) is 19.3 Å². The molecule has 0 spiro atoms. The summed E-state index contributed by atoms with van der Waals surface area (Å²) >= 11 is 0. The molecule has 1 N–H and O–H groups in total. The highest BCUT2D eigenvalue weighted by Gasteiger charge is 2.34. The summed E-state index contributed by atoms with van der Waals surface area (Å²) in [5.74, 6) is 2.36. The monoisotopic (exact) mass is 411 g/mol. The second-order valence-corrected chi connectivity index (χ2v) is 8.37. The molecule has 0 fully saturated rings. The lowest BCUT2D eigenvalue weighted by molar-refractivity contribution is -0.122. The second kappa shape index (κ2) is 9.41. The van der Waals surface area contributed by atoms with Gasteiger partial charge in [0.15, 0.2) is 11.5 Å². The van der Waals surface area contributed by atoms with Crippen LogP contribution in [-0.4, -0.2) is 24.7 Å². The molecule has 0 radical (unpaired) electrons. The van der Waals surface area contributed by atoms with E-state index in [1.54, 1.807) is 0 Å². The van der Waals surface area contributed by atoms with Crippen molar-refractivity contribution >= 4 is 5.91 Å². The molecule has 0 unspecified atom stereocenters. The quantitative estimate of drug-likeness (QED) is 0.653. The molecular formula is C25H33NO4. The number of nitrogens with one attached hydrogen (secondary N) is 1. The first kappa shape index (κ1) is 22.0. The zero-order valence-corrected chi connectivity index (χ0v) is 18.7. The van der Waals surface area contributed by atoms with Gasteiger partial charge >= 0.3 is 0 Å². The Morgan fingerprint density at radius 2 is 1.83 bits per heavy atom. The molecule has 3 rings (SSSR count). The molecule has 0 aliphatic carbocycles. The molecule has 2 aromatic carbocycles. The fraction of sp³-hybridized carbons (Fsp3) is 0.480. The number of benzene rings is 2. The molecule has 162 valence electrons. The van der Waals surface area contributed by atoms with E-state index >= 15 is 0 Å². The SMILES string of the molecule is CCOc1ccc(CCC(=O)N[C@H]2CC(C)(C)Oc3ccc(C)cc32)cc1OCC. The molecule has 0 aromatic heterocycles. The van der Waals surface area contributed by atoms with E-state index in [2.05, 4.69) is 32.2 Å². The van der Waals surface area contributed by atoms with Crippen LogP contribution in [0.5, 0.6) is 17.2 Å². The molecule has 1 heterocycles. The van der Waals surface area contributed by atoms with Crippen LogP contribution < -0.4 is 19.5 Å². The van der Waals surface area contributed by atoms with Gasteiger partial charge in [-0.3, -0.25) is 4.79 Å². The summed E-state index contributed by atoms with van der Waals surface area (Å²) in [5, 5.41) is 3.22. The number of hydrogen-bond donors (Lipinski definition) is 1. The summed E-state index contributed by atoms with van der Waals surface area (Å²) in [6, 6.07) is 12.0. The Labute approximate surface area is 179 Å². The topological polar surface area (TPSA) is 56.8 Å². The normalized spacial score (nSPS) is 16.9. The smallest absolute Gasteiger partial charge is 0.220 e. The molecule has 1 aliphatic heterocycles. The van der Waals surface area contributed by atoms with Crippen molar-refractivity contribution in [1.82, 2.24) is 5.32 Å². The lowest BCUT2D eigenvalue weighted by Gasteiger charge is -2.38. The van der Waals surface area contributed by atoms with Gasteiger partial charge in [-0.25, -0.2) is 0 Å². The van der Waals surface area contributed by atoms with Crippen molar-refractivity contribution in [2.45, 2.75) is 65.5 Å².